The average molecular weight is 1340 g/mol. The van der Waals surface area contributed by atoms with Crippen LogP contribution < -0.4 is 32.7 Å². The number of benzene rings is 4. The van der Waals surface area contributed by atoms with Gasteiger partial charge in [-0.1, -0.05) is 107 Å². The van der Waals surface area contributed by atoms with Crippen LogP contribution in [-0.4, -0.2) is 129 Å². The summed E-state index contributed by atoms with van der Waals surface area (Å²) in [5, 5.41) is 46.3. The molecule has 4 aromatic rings. The van der Waals surface area contributed by atoms with Gasteiger partial charge in [0.2, 0.25) is 35.6 Å². The third kappa shape index (κ3) is 16.6. The molecule has 4 aromatic carbocycles. The minimum Gasteiger partial charge on any atom is -0.508 e. The monoisotopic (exact) mass is 1330 g/mol. The second-order valence-corrected chi connectivity index (χ2v) is 27.3. The zero-order chi connectivity index (χ0) is 70.7. The van der Waals surface area contributed by atoms with Gasteiger partial charge in [0.15, 0.2) is 5.78 Å². The standard InChI is InChI=1S/C74H90N6O17/c1-42-54(41-74(94)65(97-69(92)48-23-15-10-16-24-48)63-72(6)37-36-50(72)40-55(83)73(63,7)64(88)43(2)60(42)71(74,4)5)95-70(93)62(61(46-19-11-8-12-20-46)80-68(91)47-21-13-9-14-22-47)96-59(87)35-34-56(84)77-38-18-17-25-52(67(76)90)79-58(86)33-29-49(66(75)89)39-53(82)44(3)78-57(85)32-28-45-26-30-51(81)31-27-45/h8-16,19-24,26-28,30-32,43-44,49-50,52,54-55,61-63,65,81,83,94H,17-18,25,29,33-41H2,1-7H3,(H2,75,89)(H2,76,90)(H,77,84)(H,78,85)(H,79,86)(H,80,91)/b32-28+/t43-,44?,49-,50-,52?,54+,55+,61+,62-,63-,65+,72-,73-,74-/m1/s1. The molecule has 97 heavy (non-hydrogen) atoms. The number of hydrogen-bond acceptors (Lipinski definition) is 17. The number of carbonyl (C=O) groups excluding carboxylic acids is 11. The number of ether oxygens (including phenoxy) is 3. The van der Waals surface area contributed by atoms with Gasteiger partial charge in [0.1, 0.15) is 41.4 Å². The Morgan fingerprint density at radius 2 is 1.37 bits per heavy atom. The normalized spacial score (nSPS) is 25.4. The first-order valence-electron chi connectivity index (χ1n) is 33.1. The molecule has 2 bridgehead atoms. The van der Waals surface area contributed by atoms with E-state index in [1.807, 2.05) is 6.92 Å². The maximum Gasteiger partial charge on any atom is 0.350 e. The SMILES string of the molecule is CC1=C2[C@@H](C)C(=O)[C@@]3(C)[C@H]([C@H](OC(=O)c4ccccc4)[C@](O)(C[C@@H]1OC(=O)[C@H](OC(=O)CCC(=O)NCCCCC(NC(=O)CC[C@H](CC(=O)C(C)NC(=O)/C=C/c1ccc(O)cc1)C(N)=O)C(N)=O)[C@@H](NC(=O)c1ccccc1)c1ccccc1)C2(C)C)[C@]1(C)CC[C@@H]1C[C@@H]3O. The van der Waals surface area contributed by atoms with Crippen LogP contribution in [0.15, 0.2) is 132 Å². The highest BCUT2D eigenvalue weighted by Crippen LogP contribution is 2.70. The van der Waals surface area contributed by atoms with E-state index in [9.17, 15) is 58.5 Å². The van der Waals surface area contributed by atoms with Crippen LogP contribution in [0.25, 0.3) is 6.08 Å². The molecule has 3 fully saturated rings. The minimum atomic E-state index is -2.11. The van der Waals surface area contributed by atoms with E-state index >= 15 is 9.59 Å². The van der Waals surface area contributed by atoms with E-state index in [1.54, 1.807) is 138 Å². The fourth-order valence-corrected chi connectivity index (χ4v) is 15.1. The number of phenolic OH excluding ortho intramolecular Hbond substituents is 1. The van der Waals surface area contributed by atoms with E-state index in [-0.39, 0.29) is 80.1 Å². The van der Waals surface area contributed by atoms with Crippen molar-refractivity contribution in [3.8, 4) is 5.75 Å². The number of aromatic hydroxyl groups is 1. The van der Waals surface area contributed by atoms with E-state index in [2.05, 4.69) is 21.3 Å². The number of esters is 3. The fraction of sp³-hybridized carbons (Fsp3) is 0.473. The summed E-state index contributed by atoms with van der Waals surface area (Å²) in [6.07, 6.45) is -3.17. The first-order valence-corrected chi connectivity index (χ1v) is 33.1. The van der Waals surface area contributed by atoms with Crippen molar-refractivity contribution in [2.45, 2.75) is 174 Å². The molecule has 23 nitrogen and oxygen atoms in total. The molecular formula is C74H90N6O17. The molecule has 0 aromatic heterocycles. The van der Waals surface area contributed by atoms with Crippen molar-refractivity contribution in [1.82, 2.24) is 21.3 Å². The average Bonchev–Trinajstić information content (AvgIpc) is 0.674. The van der Waals surface area contributed by atoms with Crippen LogP contribution in [0.4, 0.5) is 0 Å². The van der Waals surface area contributed by atoms with Crippen LogP contribution in [0.2, 0.25) is 0 Å². The molecule has 2 unspecified atom stereocenters. The predicted octanol–water partition coefficient (Wildman–Crippen LogP) is 6.51. The highest BCUT2D eigenvalue weighted by atomic mass is 16.6. The molecule has 518 valence electrons. The molecular weight excluding hydrogens is 1240 g/mol. The fourth-order valence-electron chi connectivity index (χ4n) is 15.1. The molecule has 0 aliphatic heterocycles. The number of rotatable bonds is 29. The summed E-state index contributed by atoms with van der Waals surface area (Å²) >= 11 is 0. The summed E-state index contributed by atoms with van der Waals surface area (Å²) in [6, 6.07) is 27.1. The molecule has 11 N–H and O–H groups in total. The Morgan fingerprint density at radius 1 is 0.742 bits per heavy atom. The summed E-state index contributed by atoms with van der Waals surface area (Å²) in [4.78, 5) is 150. The number of aliphatic hydroxyl groups excluding tert-OH is 1. The minimum absolute atomic E-state index is 0.0523. The van der Waals surface area contributed by atoms with Gasteiger partial charge >= 0.3 is 17.9 Å². The van der Waals surface area contributed by atoms with Gasteiger partial charge in [0.05, 0.1) is 29.5 Å². The third-order valence-electron chi connectivity index (χ3n) is 20.8. The van der Waals surface area contributed by atoms with E-state index in [4.69, 9.17) is 25.7 Å². The molecule has 6 amide bonds. The molecule has 23 heteroatoms. The molecule has 0 spiro atoms. The molecule has 14 atom stereocenters. The molecule has 8 rings (SSSR count). The number of hydrogen-bond donors (Lipinski definition) is 9. The number of fused-ring (bicyclic) bond motifs is 5. The van der Waals surface area contributed by atoms with Gasteiger partial charge in [-0.15, -0.1) is 0 Å². The van der Waals surface area contributed by atoms with E-state index in [0.717, 1.165) is 6.42 Å². The summed E-state index contributed by atoms with van der Waals surface area (Å²) in [5.74, 6) is -11.0. The first kappa shape index (κ1) is 73.5. The van der Waals surface area contributed by atoms with Crippen molar-refractivity contribution in [2.24, 2.45) is 51.4 Å². The Hall–Kier alpha value is -9.35. The number of primary amides is 2. The van der Waals surface area contributed by atoms with Crippen molar-refractivity contribution in [1.29, 1.82) is 0 Å². The Bertz CT molecular complexity index is 3660. The van der Waals surface area contributed by atoms with Crippen molar-refractivity contribution < 1.29 is 82.3 Å². The number of Topliss-reactive ketones (excluding diaryl/α,β-unsaturated/α-hetero) is 2. The summed E-state index contributed by atoms with van der Waals surface area (Å²) < 4.78 is 19.2. The molecule has 3 saturated carbocycles. The van der Waals surface area contributed by atoms with Gasteiger partial charge in [-0.2, -0.15) is 0 Å². The van der Waals surface area contributed by atoms with E-state index < -0.39 is 154 Å². The van der Waals surface area contributed by atoms with Gasteiger partial charge < -0.3 is 62.3 Å². The van der Waals surface area contributed by atoms with Crippen LogP contribution in [0.5, 0.6) is 5.75 Å². The second kappa shape index (κ2) is 31.2. The Morgan fingerprint density at radius 3 is 1.98 bits per heavy atom. The number of carbonyl (C=O) groups is 11. The maximum absolute atomic E-state index is 15.6. The van der Waals surface area contributed by atoms with Gasteiger partial charge in [0, 0.05) is 67.0 Å². The number of ketones is 2. The largest absolute Gasteiger partial charge is 0.508 e. The Kier molecular flexibility index (Phi) is 23.7. The Balaban J connectivity index is 0.933. The van der Waals surface area contributed by atoms with Gasteiger partial charge in [-0.25, -0.2) is 9.59 Å². The number of aliphatic hydroxyl groups is 2. The number of nitrogens with two attached hydrogens (primary N) is 2. The summed E-state index contributed by atoms with van der Waals surface area (Å²) in [6.45, 7) is 12.2. The third-order valence-corrected chi connectivity index (χ3v) is 20.8. The molecule has 4 aliphatic rings. The number of nitrogens with one attached hydrogen (secondary N) is 4. The first-order chi connectivity index (χ1) is 45.9. The van der Waals surface area contributed by atoms with Crippen molar-refractivity contribution >= 4 is 71.0 Å². The maximum atomic E-state index is 15.6. The summed E-state index contributed by atoms with van der Waals surface area (Å²) in [5.41, 5.74) is 7.67. The lowest BCUT2D eigenvalue weighted by atomic mass is 9.37. The van der Waals surface area contributed by atoms with Crippen LogP contribution in [0.3, 0.4) is 0 Å². The highest BCUT2D eigenvalue weighted by Gasteiger charge is 2.74. The van der Waals surface area contributed by atoms with Crippen LogP contribution in [-0.2, 0) is 57.4 Å². The van der Waals surface area contributed by atoms with Crippen molar-refractivity contribution in [2.75, 3.05) is 6.54 Å². The predicted molar refractivity (Wildman–Crippen MR) is 355 cm³/mol. The topological polar surface area (TPSA) is 376 Å². The molecule has 4 aliphatic carbocycles. The van der Waals surface area contributed by atoms with Gasteiger partial charge in [-0.3, -0.25) is 43.2 Å². The molecule has 0 saturated heterocycles. The number of unbranched alkanes of at least 4 members (excludes halogenated alkanes) is 1. The highest BCUT2D eigenvalue weighted by molar-refractivity contribution is 5.98. The number of phenols is 1. The zero-order valence-electron chi connectivity index (χ0n) is 55.9. The van der Waals surface area contributed by atoms with Crippen LogP contribution in [0, 0.1) is 39.9 Å². The van der Waals surface area contributed by atoms with Crippen LogP contribution in [0.1, 0.15) is 163 Å². The smallest absolute Gasteiger partial charge is 0.350 e. The molecule has 0 radical (unpaired) electrons. The lowest BCUT2D eigenvalue weighted by Gasteiger charge is -2.68. The van der Waals surface area contributed by atoms with Crippen LogP contribution >= 0.6 is 0 Å². The lowest BCUT2D eigenvalue weighted by molar-refractivity contribution is -0.265. The van der Waals surface area contributed by atoms with Gasteiger partial charge in [0.25, 0.3) is 5.91 Å². The van der Waals surface area contributed by atoms with Crippen molar-refractivity contribution in [3.05, 3.63) is 155 Å². The zero-order valence-corrected chi connectivity index (χ0v) is 55.9. The van der Waals surface area contributed by atoms with E-state index in [0.29, 0.717) is 35.1 Å². The quantitative estimate of drug-likeness (QED) is 0.00919. The van der Waals surface area contributed by atoms with Crippen molar-refractivity contribution in [3.63, 3.8) is 0 Å². The second-order valence-electron chi connectivity index (χ2n) is 27.3. The van der Waals surface area contributed by atoms with Gasteiger partial charge in [-0.05, 0) is 142 Å². The number of amides is 6. The van der Waals surface area contributed by atoms with E-state index in [1.165, 1.54) is 31.2 Å². The lowest BCUT2D eigenvalue weighted by Crippen LogP contribution is -2.74. The summed E-state index contributed by atoms with van der Waals surface area (Å²) in [7, 11) is 0. The molecule has 0 heterocycles. The Labute approximate surface area is 564 Å².